The Bertz CT molecular complexity index is 662. The number of carbonyl (C=O) groups is 1. The van der Waals surface area contributed by atoms with Crippen molar-refractivity contribution in [2.75, 3.05) is 46.9 Å². The van der Waals surface area contributed by atoms with E-state index >= 15 is 0 Å². The van der Waals surface area contributed by atoms with Crippen molar-refractivity contribution in [2.45, 2.75) is 44.9 Å². The van der Waals surface area contributed by atoms with Gasteiger partial charge in [-0.3, -0.25) is 0 Å². The molecule has 29 heavy (non-hydrogen) atoms. The molecule has 5 nitrogen and oxygen atoms in total. The van der Waals surface area contributed by atoms with Gasteiger partial charge in [0.15, 0.2) is 0 Å². The minimum Gasteiger partial charge on any atom is -0.497 e. The molecule has 2 saturated heterocycles. The Morgan fingerprint density at radius 1 is 1.14 bits per heavy atom. The molecule has 1 amide bonds. The van der Waals surface area contributed by atoms with Crippen molar-refractivity contribution in [1.29, 1.82) is 0 Å². The van der Waals surface area contributed by atoms with Crippen LogP contribution in [0.3, 0.4) is 0 Å². The van der Waals surface area contributed by atoms with Gasteiger partial charge in [-0.1, -0.05) is 15.9 Å². The summed E-state index contributed by atoms with van der Waals surface area (Å²) in [7, 11) is 3.20. The number of hydrogen-bond donors (Lipinski definition) is 0. The Kier molecular flexibility index (Phi) is 8.67. The van der Waals surface area contributed by atoms with E-state index in [1.54, 1.807) is 7.11 Å². The summed E-state index contributed by atoms with van der Waals surface area (Å²) < 4.78 is 11.4. The average molecular weight is 467 g/mol. The lowest BCUT2D eigenvalue weighted by atomic mass is 9.89. The Balaban J connectivity index is 1.35. The van der Waals surface area contributed by atoms with Crippen LogP contribution in [0.15, 0.2) is 22.7 Å². The first-order valence-corrected chi connectivity index (χ1v) is 11.8. The second-order valence-corrected chi connectivity index (χ2v) is 9.37. The minimum absolute atomic E-state index is 0.167. The highest BCUT2D eigenvalue weighted by atomic mass is 79.9. The molecule has 1 unspecified atom stereocenters. The van der Waals surface area contributed by atoms with Crippen molar-refractivity contribution in [3.05, 3.63) is 28.2 Å². The topological polar surface area (TPSA) is 42.0 Å². The predicted molar refractivity (Wildman–Crippen MR) is 119 cm³/mol. The summed E-state index contributed by atoms with van der Waals surface area (Å²) in [4.78, 5) is 16.2. The number of methoxy groups -OCH3 is 2. The first-order valence-electron chi connectivity index (χ1n) is 11.0. The molecule has 0 aliphatic carbocycles. The Morgan fingerprint density at radius 3 is 2.66 bits per heavy atom. The summed E-state index contributed by atoms with van der Waals surface area (Å²) >= 11 is 3.69. The summed E-state index contributed by atoms with van der Waals surface area (Å²) in [6, 6.07) is 6.26. The second kappa shape index (κ2) is 11.2. The van der Waals surface area contributed by atoms with Crippen molar-refractivity contribution in [3.63, 3.8) is 0 Å². The SMILES string of the molecule is COC(=O)N1CCCC(CCCN2CCC(Cc3cc(OC)ccc3Br)CC2)C1. The van der Waals surface area contributed by atoms with Gasteiger partial charge in [0.25, 0.3) is 0 Å². The smallest absolute Gasteiger partial charge is 0.409 e. The van der Waals surface area contributed by atoms with Crippen LogP contribution in [0.1, 0.15) is 44.1 Å². The normalized spacial score (nSPS) is 21.2. The summed E-state index contributed by atoms with van der Waals surface area (Å²) in [5.41, 5.74) is 1.36. The molecule has 0 N–H and O–H groups in total. The molecule has 162 valence electrons. The second-order valence-electron chi connectivity index (χ2n) is 8.51. The lowest BCUT2D eigenvalue weighted by molar-refractivity contribution is 0.0987. The molecule has 1 aromatic carbocycles. The van der Waals surface area contributed by atoms with Gasteiger partial charge in [0.1, 0.15) is 5.75 Å². The zero-order chi connectivity index (χ0) is 20.6. The standard InChI is InChI=1S/C23H35BrN2O3/c1-28-21-7-8-22(24)20(16-21)15-18-9-13-25(14-10-18)11-3-5-19-6-4-12-26(17-19)23(27)29-2/h7-8,16,18-19H,3-6,9-15,17H2,1-2H3. The van der Waals surface area contributed by atoms with Crippen LogP contribution in [0.4, 0.5) is 4.79 Å². The maximum absolute atomic E-state index is 11.7. The van der Waals surface area contributed by atoms with Gasteiger partial charge in [-0.2, -0.15) is 0 Å². The van der Waals surface area contributed by atoms with Gasteiger partial charge >= 0.3 is 6.09 Å². The zero-order valence-corrected chi connectivity index (χ0v) is 19.5. The highest BCUT2D eigenvalue weighted by molar-refractivity contribution is 9.10. The molecule has 2 aliphatic heterocycles. The number of rotatable bonds is 7. The van der Waals surface area contributed by atoms with Crippen LogP contribution in [-0.2, 0) is 11.2 Å². The van der Waals surface area contributed by atoms with E-state index in [4.69, 9.17) is 9.47 Å². The molecule has 0 aromatic heterocycles. The van der Waals surface area contributed by atoms with Crippen LogP contribution in [-0.4, -0.2) is 62.8 Å². The number of ether oxygens (including phenoxy) is 2. The van der Waals surface area contributed by atoms with Crippen molar-refractivity contribution in [3.8, 4) is 5.75 Å². The molecule has 0 spiro atoms. The van der Waals surface area contributed by atoms with Crippen molar-refractivity contribution in [2.24, 2.45) is 11.8 Å². The van der Waals surface area contributed by atoms with Gasteiger partial charge in [-0.25, -0.2) is 4.79 Å². The first kappa shape index (κ1) is 22.4. The highest BCUT2D eigenvalue weighted by Crippen LogP contribution is 2.29. The van der Waals surface area contributed by atoms with E-state index in [2.05, 4.69) is 33.0 Å². The fourth-order valence-electron chi connectivity index (χ4n) is 4.76. The van der Waals surface area contributed by atoms with E-state index in [1.807, 2.05) is 11.0 Å². The van der Waals surface area contributed by atoms with Crippen LogP contribution in [0.2, 0.25) is 0 Å². The Labute approximate surface area is 183 Å². The summed E-state index contributed by atoms with van der Waals surface area (Å²) in [5.74, 6) is 2.32. The average Bonchev–Trinajstić information content (AvgIpc) is 2.76. The molecule has 0 radical (unpaired) electrons. The molecule has 3 rings (SSSR count). The third-order valence-corrected chi connectivity index (χ3v) is 7.28. The van der Waals surface area contributed by atoms with Crippen LogP contribution in [0, 0.1) is 11.8 Å². The molecule has 2 heterocycles. The molecule has 6 heteroatoms. The number of hydrogen-bond acceptors (Lipinski definition) is 4. The fraction of sp³-hybridized carbons (Fsp3) is 0.696. The number of nitrogens with zero attached hydrogens (tertiary/aromatic N) is 2. The van der Waals surface area contributed by atoms with E-state index in [0.717, 1.165) is 37.6 Å². The molecule has 1 atom stereocenters. The molecule has 1 aromatic rings. The maximum Gasteiger partial charge on any atom is 0.409 e. The molecular weight excluding hydrogens is 432 g/mol. The lowest BCUT2D eigenvalue weighted by Crippen LogP contribution is -2.40. The number of carbonyl (C=O) groups excluding carboxylic acids is 1. The third kappa shape index (κ3) is 6.61. The minimum atomic E-state index is -0.167. The van der Waals surface area contributed by atoms with E-state index in [9.17, 15) is 4.79 Å². The van der Waals surface area contributed by atoms with Crippen LogP contribution >= 0.6 is 15.9 Å². The number of likely N-dealkylation sites (tertiary alicyclic amines) is 2. The van der Waals surface area contributed by atoms with E-state index in [0.29, 0.717) is 5.92 Å². The first-order chi connectivity index (χ1) is 14.1. The van der Waals surface area contributed by atoms with Crippen molar-refractivity contribution < 1.29 is 14.3 Å². The number of halogens is 1. The van der Waals surface area contributed by atoms with E-state index in [1.165, 1.54) is 68.9 Å². The summed E-state index contributed by atoms with van der Waals surface area (Å²) in [6.07, 6.45) is 8.27. The molecule has 2 aliphatic rings. The molecule has 0 bridgehead atoms. The highest BCUT2D eigenvalue weighted by Gasteiger charge is 2.25. The van der Waals surface area contributed by atoms with Gasteiger partial charge in [0, 0.05) is 17.6 Å². The van der Waals surface area contributed by atoms with Crippen LogP contribution < -0.4 is 4.74 Å². The zero-order valence-electron chi connectivity index (χ0n) is 17.9. The van der Waals surface area contributed by atoms with Gasteiger partial charge < -0.3 is 19.3 Å². The molecule has 2 fully saturated rings. The van der Waals surface area contributed by atoms with Gasteiger partial charge in [0.05, 0.1) is 14.2 Å². The number of benzene rings is 1. The van der Waals surface area contributed by atoms with Crippen LogP contribution in [0.5, 0.6) is 5.75 Å². The van der Waals surface area contributed by atoms with Gasteiger partial charge in [-0.05, 0) is 100 Å². The number of piperidine rings is 2. The van der Waals surface area contributed by atoms with Crippen LogP contribution in [0.25, 0.3) is 0 Å². The molecular formula is C23H35BrN2O3. The largest absolute Gasteiger partial charge is 0.497 e. The lowest BCUT2D eigenvalue weighted by Gasteiger charge is -2.34. The summed E-state index contributed by atoms with van der Waals surface area (Å²) in [6.45, 7) is 5.30. The Morgan fingerprint density at radius 2 is 1.93 bits per heavy atom. The van der Waals surface area contributed by atoms with E-state index in [-0.39, 0.29) is 6.09 Å². The summed E-state index contributed by atoms with van der Waals surface area (Å²) in [5, 5.41) is 0. The van der Waals surface area contributed by atoms with Crippen molar-refractivity contribution in [1.82, 2.24) is 9.80 Å². The Hall–Kier alpha value is -1.27. The van der Waals surface area contributed by atoms with E-state index < -0.39 is 0 Å². The monoisotopic (exact) mass is 466 g/mol. The predicted octanol–water partition coefficient (Wildman–Crippen LogP) is 4.97. The fourth-order valence-corrected chi connectivity index (χ4v) is 5.17. The maximum atomic E-state index is 11.7. The van der Waals surface area contributed by atoms with Gasteiger partial charge in [-0.15, -0.1) is 0 Å². The van der Waals surface area contributed by atoms with Gasteiger partial charge in [0.2, 0.25) is 0 Å². The third-order valence-electron chi connectivity index (χ3n) is 6.51. The number of amides is 1. The molecule has 0 saturated carbocycles. The quantitative estimate of drug-likeness (QED) is 0.568. The van der Waals surface area contributed by atoms with Crippen molar-refractivity contribution >= 4 is 22.0 Å².